The van der Waals surface area contributed by atoms with Crippen LogP contribution in [-0.2, 0) is 0 Å². The summed E-state index contributed by atoms with van der Waals surface area (Å²) in [5.74, 6) is -2.05. The van der Waals surface area contributed by atoms with Crippen LogP contribution in [0.15, 0.2) is 18.2 Å². The molecule has 7 heteroatoms. The predicted octanol–water partition coefficient (Wildman–Crippen LogP) is 2.71. The van der Waals surface area contributed by atoms with E-state index in [9.17, 15) is 23.1 Å². The van der Waals surface area contributed by atoms with Crippen LogP contribution in [-0.4, -0.2) is 29.8 Å². The van der Waals surface area contributed by atoms with Crippen LogP contribution in [0.3, 0.4) is 0 Å². The van der Waals surface area contributed by atoms with E-state index in [0.717, 1.165) is 12.1 Å². The highest BCUT2D eigenvalue weighted by Gasteiger charge is 2.24. The highest BCUT2D eigenvalue weighted by molar-refractivity contribution is 5.96. The second kappa shape index (κ2) is 7.31. The number of ether oxygens (including phenoxy) is 1. The Morgan fingerprint density at radius 1 is 1.38 bits per heavy atom. The first kappa shape index (κ1) is 17.3. The topological polar surface area (TPSA) is 58.6 Å². The lowest BCUT2D eigenvalue weighted by atomic mass is 9.97. The van der Waals surface area contributed by atoms with E-state index in [-0.39, 0.29) is 12.1 Å². The van der Waals surface area contributed by atoms with Crippen molar-refractivity contribution in [1.29, 1.82) is 0 Å². The number of rotatable bonds is 7. The lowest BCUT2D eigenvalue weighted by Gasteiger charge is -2.25. The van der Waals surface area contributed by atoms with Crippen molar-refractivity contribution in [2.45, 2.75) is 38.9 Å². The van der Waals surface area contributed by atoms with Gasteiger partial charge in [-0.1, -0.05) is 13.8 Å². The summed E-state index contributed by atoms with van der Waals surface area (Å²) >= 11 is 0. The van der Waals surface area contributed by atoms with Crippen LogP contribution in [0.2, 0.25) is 0 Å². The average molecular weight is 305 g/mol. The molecule has 21 heavy (non-hydrogen) atoms. The van der Waals surface area contributed by atoms with Gasteiger partial charge in [0.25, 0.3) is 5.91 Å². The molecule has 2 N–H and O–H groups in total. The van der Waals surface area contributed by atoms with E-state index in [4.69, 9.17) is 0 Å². The van der Waals surface area contributed by atoms with E-state index in [1.807, 2.05) is 0 Å². The van der Waals surface area contributed by atoms with Crippen LogP contribution >= 0.6 is 0 Å². The molecule has 0 unspecified atom stereocenters. The summed E-state index contributed by atoms with van der Waals surface area (Å²) < 4.78 is 41.7. The van der Waals surface area contributed by atoms with Crippen molar-refractivity contribution in [3.05, 3.63) is 29.6 Å². The predicted molar refractivity (Wildman–Crippen MR) is 70.9 cm³/mol. The number of benzene rings is 1. The first-order chi connectivity index (χ1) is 9.81. The second-order valence-electron chi connectivity index (χ2n) is 4.63. The van der Waals surface area contributed by atoms with Gasteiger partial charge in [-0.15, -0.1) is 0 Å². The fraction of sp³-hybridized carbons (Fsp3) is 0.500. The molecule has 0 bridgehead atoms. The normalized spacial score (nSPS) is 11.6. The van der Waals surface area contributed by atoms with Gasteiger partial charge in [0.15, 0.2) is 0 Å². The van der Waals surface area contributed by atoms with E-state index < -0.39 is 29.7 Å². The summed E-state index contributed by atoms with van der Waals surface area (Å²) in [6, 6.07) is 2.74. The van der Waals surface area contributed by atoms with E-state index in [0.29, 0.717) is 18.9 Å². The summed E-state index contributed by atoms with van der Waals surface area (Å²) in [6.07, 6.45) is 0.848. The molecule has 4 nitrogen and oxygen atoms in total. The van der Waals surface area contributed by atoms with Crippen molar-refractivity contribution in [3.63, 3.8) is 0 Å². The van der Waals surface area contributed by atoms with Gasteiger partial charge in [0.1, 0.15) is 11.6 Å². The second-order valence-corrected chi connectivity index (χ2v) is 4.63. The molecule has 0 spiro atoms. The maximum absolute atomic E-state index is 13.0. The standard InChI is InChI=1S/C14H18F3NO3/c1-3-14(20,4-2)8-18-12(19)10-6-5-9(15)7-11(10)21-13(16)17/h5-7,13,20H,3-4,8H2,1-2H3,(H,18,19). The minimum absolute atomic E-state index is 0.0374. The molecule has 1 aromatic rings. The Labute approximate surface area is 120 Å². The monoisotopic (exact) mass is 305 g/mol. The molecule has 118 valence electrons. The van der Waals surface area contributed by atoms with Crippen molar-refractivity contribution in [2.24, 2.45) is 0 Å². The van der Waals surface area contributed by atoms with E-state index in [1.54, 1.807) is 13.8 Å². The van der Waals surface area contributed by atoms with Gasteiger partial charge in [0, 0.05) is 12.6 Å². The van der Waals surface area contributed by atoms with Gasteiger partial charge in [-0.2, -0.15) is 8.78 Å². The molecular weight excluding hydrogens is 287 g/mol. The lowest BCUT2D eigenvalue weighted by molar-refractivity contribution is -0.0503. The molecule has 1 aromatic carbocycles. The van der Waals surface area contributed by atoms with Crippen LogP contribution < -0.4 is 10.1 Å². The SMILES string of the molecule is CCC(O)(CC)CNC(=O)c1ccc(F)cc1OC(F)F. The van der Waals surface area contributed by atoms with Crippen molar-refractivity contribution >= 4 is 5.91 Å². The fourth-order valence-corrected chi connectivity index (χ4v) is 1.72. The molecule has 0 aliphatic rings. The van der Waals surface area contributed by atoms with Gasteiger partial charge >= 0.3 is 6.61 Å². The third kappa shape index (κ3) is 4.93. The van der Waals surface area contributed by atoms with Crippen LogP contribution in [0.25, 0.3) is 0 Å². The zero-order valence-electron chi connectivity index (χ0n) is 11.8. The van der Waals surface area contributed by atoms with Crippen LogP contribution in [0, 0.1) is 5.82 Å². The van der Waals surface area contributed by atoms with Crippen LogP contribution in [0.5, 0.6) is 5.75 Å². The van der Waals surface area contributed by atoms with Crippen molar-refractivity contribution < 1.29 is 27.8 Å². The molecule has 0 saturated heterocycles. The first-order valence-corrected chi connectivity index (χ1v) is 6.56. The maximum Gasteiger partial charge on any atom is 0.387 e. The molecule has 0 aliphatic carbocycles. The molecule has 0 aromatic heterocycles. The molecule has 1 amide bonds. The Bertz CT molecular complexity index is 490. The number of hydrogen-bond acceptors (Lipinski definition) is 3. The number of aliphatic hydroxyl groups is 1. The Morgan fingerprint density at radius 2 is 2.00 bits per heavy atom. The Morgan fingerprint density at radius 3 is 2.52 bits per heavy atom. The van der Waals surface area contributed by atoms with Gasteiger partial charge in [-0.05, 0) is 25.0 Å². The summed E-state index contributed by atoms with van der Waals surface area (Å²) in [5, 5.41) is 12.5. The van der Waals surface area contributed by atoms with Crippen LogP contribution in [0.1, 0.15) is 37.0 Å². The molecule has 0 saturated carbocycles. The van der Waals surface area contributed by atoms with Gasteiger partial charge in [0.05, 0.1) is 11.2 Å². The van der Waals surface area contributed by atoms with Gasteiger partial charge < -0.3 is 15.2 Å². The third-order valence-electron chi connectivity index (χ3n) is 3.30. The number of carbonyl (C=O) groups is 1. The molecule has 0 heterocycles. The van der Waals surface area contributed by atoms with Gasteiger partial charge in [-0.3, -0.25) is 4.79 Å². The number of nitrogens with one attached hydrogen (secondary N) is 1. The van der Waals surface area contributed by atoms with Crippen molar-refractivity contribution in [3.8, 4) is 5.75 Å². The fourth-order valence-electron chi connectivity index (χ4n) is 1.72. The summed E-state index contributed by atoms with van der Waals surface area (Å²) in [4.78, 5) is 12.0. The maximum atomic E-state index is 13.0. The molecule has 0 atom stereocenters. The quantitative estimate of drug-likeness (QED) is 0.814. The molecule has 0 fully saturated rings. The van der Waals surface area contributed by atoms with Crippen molar-refractivity contribution in [2.75, 3.05) is 6.54 Å². The largest absolute Gasteiger partial charge is 0.434 e. The van der Waals surface area contributed by atoms with Crippen LogP contribution in [0.4, 0.5) is 13.2 Å². The van der Waals surface area contributed by atoms with E-state index in [2.05, 4.69) is 10.1 Å². The minimum Gasteiger partial charge on any atom is -0.434 e. The minimum atomic E-state index is -3.17. The zero-order valence-corrected chi connectivity index (χ0v) is 11.8. The van der Waals surface area contributed by atoms with Crippen molar-refractivity contribution in [1.82, 2.24) is 5.32 Å². The Kier molecular flexibility index (Phi) is 6.02. The van der Waals surface area contributed by atoms with Gasteiger partial charge in [0.2, 0.25) is 0 Å². The molecule has 0 aliphatic heterocycles. The highest BCUT2D eigenvalue weighted by Crippen LogP contribution is 2.22. The molecule has 0 radical (unpaired) electrons. The first-order valence-electron chi connectivity index (χ1n) is 6.56. The van der Waals surface area contributed by atoms with E-state index >= 15 is 0 Å². The Hall–Kier alpha value is -1.76. The number of halogens is 3. The summed E-state index contributed by atoms with van der Waals surface area (Å²) in [7, 11) is 0. The lowest BCUT2D eigenvalue weighted by Crippen LogP contribution is -2.42. The Balaban J connectivity index is 2.87. The summed E-state index contributed by atoms with van der Waals surface area (Å²) in [5.41, 5.74) is -1.29. The molecule has 1 rings (SSSR count). The summed E-state index contributed by atoms with van der Waals surface area (Å²) in [6.45, 7) is 0.323. The number of hydrogen-bond donors (Lipinski definition) is 2. The highest BCUT2D eigenvalue weighted by atomic mass is 19.3. The number of carbonyl (C=O) groups excluding carboxylic acids is 1. The van der Waals surface area contributed by atoms with E-state index in [1.165, 1.54) is 0 Å². The number of alkyl halides is 2. The smallest absolute Gasteiger partial charge is 0.387 e. The molecular formula is C14H18F3NO3. The average Bonchev–Trinajstić information content (AvgIpc) is 2.44. The zero-order chi connectivity index (χ0) is 16.0. The van der Waals surface area contributed by atoms with Gasteiger partial charge in [-0.25, -0.2) is 4.39 Å². The number of amides is 1. The third-order valence-corrected chi connectivity index (χ3v) is 3.30.